The second-order valence-electron chi connectivity index (χ2n) is 3.83. The summed E-state index contributed by atoms with van der Waals surface area (Å²) in [5.41, 5.74) is 0.765. The number of carboxylic acids is 1. The summed E-state index contributed by atoms with van der Waals surface area (Å²) in [6.45, 7) is 0. The molecule has 1 aromatic carbocycles. The maximum atomic E-state index is 11.1. The second-order valence-corrected chi connectivity index (χ2v) is 3.83. The number of hydrogen-bond donors (Lipinski definition) is 1. The monoisotopic (exact) mass is 211 g/mol. The Bertz CT molecular complexity index is 539. The molecule has 0 aromatic heterocycles. The van der Waals surface area contributed by atoms with Gasteiger partial charge in [-0.1, -0.05) is 18.1 Å². The summed E-state index contributed by atoms with van der Waals surface area (Å²) < 4.78 is 0. The molecule has 2 rings (SSSR count). The highest BCUT2D eigenvalue weighted by molar-refractivity contribution is 5.85. The SMILES string of the molecule is N#CC#Cc1cccc(C2(C(=O)O)CC2)c1. The number of hydrogen-bond acceptors (Lipinski definition) is 2. The first-order valence-electron chi connectivity index (χ1n) is 4.93. The van der Waals surface area contributed by atoms with Crippen LogP contribution in [0.15, 0.2) is 24.3 Å². The zero-order valence-corrected chi connectivity index (χ0v) is 8.53. The summed E-state index contributed by atoms with van der Waals surface area (Å²) >= 11 is 0. The molecule has 1 N–H and O–H groups in total. The molecule has 78 valence electrons. The average molecular weight is 211 g/mol. The minimum absolute atomic E-state index is 0.678. The van der Waals surface area contributed by atoms with Crippen LogP contribution in [0, 0.1) is 23.2 Å². The van der Waals surface area contributed by atoms with E-state index in [1.165, 1.54) is 0 Å². The first-order valence-corrected chi connectivity index (χ1v) is 4.93. The van der Waals surface area contributed by atoms with Crippen molar-refractivity contribution in [1.29, 1.82) is 5.26 Å². The number of carbonyl (C=O) groups is 1. The molecule has 0 bridgehead atoms. The van der Waals surface area contributed by atoms with Crippen molar-refractivity contribution in [3.05, 3.63) is 35.4 Å². The lowest BCUT2D eigenvalue weighted by atomic mass is 9.95. The van der Waals surface area contributed by atoms with E-state index < -0.39 is 11.4 Å². The predicted molar refractivity (Wildman–Crippen MR) is 57.5 cm³/mol. The fourth-order valence-electron chi connectivity index (χ4n) is 1.75. The maximum absolute atomic E-state index is 11.1. The van der Waals surface area contributed by atoms with Crippen molar-refractivity contribution in [2.24, 2.45) is 0 Å². The highest BCUT2D eigenvalue weighted by Gasteiger charge is 2.51. The van der Waals surface area contributed by atoms with E-state index in [1.54, 1.807) is 30.3 Å². The smallest absolute Gasteiger partial charge is 0.314 e. The lowest BCUT2D eigenvalue weighted by molar-refractivity contribution is -0.140. The van der Waals surface area contributed by atoms with Crippen LogP contribution in [0.4, 0.5) is 0 Å². The van der Waals surface area contributed by atoms with Crippen molar-refractivity contribution in [3.8, 4) is 17.9 Å². The van der Waals surface area contributed by atoms with Crippen molar-refractivity contribution in [2.45, 2.75) is 18.3 Å². The minimum Gasteiger partial charge on any atom is -0.481 e. The van der Waals surface area contributed by atoms with Gasteiger partial charge in [-0.2, -0.15) is 5.26 Å². The number of nitriles is 1. The van der Waals surface area contributed by atoms with E-state index in [0.29, 0.717) is 18.4 Å². The Labute approximate surface area is 93.3 Å². The zero-order chi connectivity index (χ0) is 11.6. The van der Waals surface area contributed by atoms with Crippen molar-refractivity contribution in [2.75, 3.05) is 0 Å². The lowest BCUT2D eigenvalue weighted by Crippen LogP contribution is -2.19. The molecule has 1 aromatic rings. The molecule has 0 aliphatic heterocycles. The maximum Gasteiger partial charge on any atom is 0.314 e. The molecule has 0 heterocycles. The molecule has 3 heteroatoms. The van der Waals surface area contributed by atoms with Crippen LogP contribution in [0.3, 0.4) is 0 Å². The van der Waals surface area contributed by atoms with E-state index in [9.17, 15) is 4.79 Å². The topological polar surface area (TPSA) is 61.1 Å². The van der Waals surface area contributed by atoms with E-state index in [-0.39, 0.29) is 0 Å². The van der Waals surface area contributed by atoms with E-state index in [0.717, 1.165) is 5.56 Å². The first-order chi connectivity index (χ1) is 7.69. The van der Waals surface area contributed by atoms with Gasteiger partial charge in [0, 0.05) is 11.5 Å². The van der Waals surface area contributed by atoms with Crippen LogP contribution < -0.4 is 0 Å². The van der Waals surface area contributed by atoms with Gasteiger partial charge in [-0.15, -0.1) is 0 Å². The van der Waals surface area contributed by atoms with Crippen molar-refractivity contribution in [3.63, 3.8) is 0 Å². The fourth-order valence-corrected chi connectivity index (χ4v) is 1.75. The predicted octanol–water partition coefficient (Wildman–Crippen LogP) is 1.68. The van der Waals surface area contributed by atoms with Crippen molar-refractivity contribution >= 4 is 5.97 Å². The molecular weight excluding hydrogens is 202 g/mol. The summed E-state index contributed by atoms with van der Waals surface area (Å²) in [5, 5.41) is 17.5. The van der Waals surface area contributed by atoms with Crippen LogP contribution in [-0.4, -0.2) is 11.1 Å². The molecule has 0 unspecified atom stereocenters. The van der Waals surface area contributed by atoms with E-state index >= 15 is 0 Å². The third-order valence-electron chi connectivity index (χ3n) is 2.84. The number of nitrogens with zero attached hydrogens (tertiary/aromatic N) is 1. The summed E-state index contributed by atoms with van der Waals surface area (Å²) in [5.74, 6) is 4.19. The Morgan fingerprint density at radius 2 is 2.19 bits per heavy atom. The van der Waals surface area contributed by atoms with Gasteiger partial charge >= 0.3 is 5.97 Å². The first kappa shape index (κ1) is 10.3. The Morgan fingerprint density at radius 3 is 2.75 bits per heavy atom. The molecule has 1 saturated carbocycles. The number of aliphatic carboxylic acids is 1. The third-order valence-corrected chi connectivity index (χ3v) is 2.84. The van der Waals surface area contributed by atoms with Gasteiger partial charge in [0.2, 0.25) is 0 Å². The Morgan fingerprint density at radius 1 is 1.44 bits per heavy atom. The van der Waals surface area contributed by atoms with Gasteiger partial charge < -0.3 is 5.11 Å². The highest BCUT2D eigenvalue weighted by atomic mass is 16.4. The number of rotatable bonds is 2. The number of carboxylic acid groups (broad SMARTS) is 1. The van der Waals surface area contributed by atoms with Gasteiger partial charge in [-0.3, -0.25) is 4.79 Å². The molecule has 0 saturated heterocycles. The van der Waals surface area contributed by atoms with Crippen LogP contribution in [0.25, 0.3) is 0 Å². The molecule has 1 aliphatic rings. The van der Waals surface area contributed by atoms with Gasteiger partial charge in [0.25, 0.3) is 0 Å². The van der Waals surface area contributed by atoms with Crippen molar-refractivity contribution in [1.82, 2.24) is 0 Å². The fraction of sp³-hybridized carbons (Fsp3) is 0.231. The molecule has 0 radical (unpaired) electrons. The standard InChI is InChI=1S/C13H9NO2/c14-8-2-4-10-3-1-5-11(9-10)13(6-7-13)12(15)16/h1,3,5,9H,6-7H2,(H,15,16). The largest absolute Gasteiger partial charge is 0.481 e. The molecule has 0 amide bonds. The Kier molecular flexibility index (Phi) is 2.38. The molecule has 16 heavy (non-hydrogen) atoms. The van der Waals surface area contributed by atoms with Crippen LogP contribution in [-0.2, 0) is 10.2 Å². The summed E-state index contributed by atoms with van der Waals surface area (Å²) in [7, 11) is 0. The van der Waals surface area contributed by atoms with Gasteiger partial charge in [-0.25, -0.2) is 0 Å². The van der Waals surface area contributed by atoms with Gasteiger partial charge in [-0.05, 0) is 30.5 Å². The number of benzene rings is 1. The second kappa shape index (κ2) is 3.72. The van der Waals surface area contributed by atoms with Crippen LogP contribution in [0.1, 0.15) is 24.0 Å². The van der Waals surface area contributed by atoms with Crippen LogP contribution in [0.5, 0.6) is 0 Å². The Hall–Kier alpha value is -2.26. The average Bonchev–Trinajstić information content (AvgIpc) is 3.08. The molecule has 0 atom stereocenters. The van der Waals surface area contributed by atoms with E-state index in [1.807, 2.05) is 0 Å². The highest BCUT2D eigenvalue weighted by Crippen LogP contribution is 2.48. The van der Waals surface area contributed by atoms with Gasteiger partial charge in [0.15, 0.2) is 6.07 Å². The molecule has 3 nitrogen and oxygen atoms in total. The quantitative estimate of drug-likeness (QED) is 0.757. The van der Waals surface area contributed by atoms with Crippen LogP contribution >= 0.6 is 0 Å². The summed E-state index contributed by atoms with van der Waals surface area (Å²) in [6, 6.07) is 8.84. The van der Waals surface area contributed by atoms with Crippen LogP contribution in [0.2, 0.25) is 0 Å². The molecular formula is C13H9NO2. The van der Waals surface area contributed by atoms with E-state index in [2.05, 4.69) is 11.8 Å². The summed E-state index contributed by atoms with van der Waals surface area (Å²) in [6.07, 6.45) is 1.36. The lowest BCUT2D eigenvalue weighted by Gasteiger charge is -2.09. The van der Waals surface area contributed by atoms with Gasteiger partial charge in [0.05, 0.1) is 5.41 Å². The normalized spacial score (nSPS) is 15.4. The zero-order valence-electron chi connectivity index (χ0n) is 8.53. The molecule has 0 spiro atoms. The third kappa shape index (κ3) is 1.64. The van der Waals surface area contributed by atoms with E-state index in [4.69, 9.17) is 10.4 Å². The molecule has 1 aliphatic carbocycles. The van der Waals surface area contributed by atoms with Gasteiger partial charge in [0.1, 0.15) is 0 Å². The molecule has 1 fully saturated rings. The summed E-state index contributed by atoms with van der Waals surface area (Å²) in [4.78, 5) is 11.1. The Balaban J connectivity index is 2.38. The minimum atomic E-state index is -0.780. The van der Waals surface area contributed by atoms with Crippen molar-refractivity contribution < 1.29 is 9.90 Å².